The summed E-state index contributed by atoms with van der Waals surface area (Å²) in [6.45, 7) is 2.15. The molecule has 0 aromatic carbocycles. The van der Waals surface area contributed by atoms with Gasteiger partial charge in [0.15, 0.2) is 0 Å². The predicted octanol–water partition coefficient (Wildman–Crippen LogP) is 2.17. The van der Waals surface area contributed by atoms with Crippen LogP contribution in [0.4, 0.5) is 0 Å². The molecule has 1 aliphatic carbocycles. The molecular weight excluding hydrogens is 162 g/mol. The molecule has 2 aliphatic rings. The molecule has 0 bridgehead atoms. The van der Waals surface area contributed by atoms with Gasteiger partial charge in [0.2, 0.25) is 0 Å². The van der Waals surface area contributed by atoms with E-state index in [1.165, 1.54) is 38.0 Å². The second kappa shape index (κ2) is 4.14. The van der Waals surface area contributed by atoms with Crippen LogP contribution in [-0.4, -0.2) is 31.1 Å². The van der Waals surface area contributed by atoms with Crippen molar-refractivity contribution < 1.29 is 4.74 Å². The molecule has 1 fully saturated rings. The van der Waals surface area contributed by atoms with Gasteiger partial charge in [0.25, 0.3) is 0 Å². The lowest BCUT2D eigenvalue weighted by molar-refractivity contribution is 0.136. The van der Waals surface area contributed by atoms with Gasteiger partial charge in [-0.3, -0.25) is 0 Å². The van der Waals surface area contributed by atoms with Gasteiger partial charge in [-0.2, -0.15) is 0 Å². The first-order chi connectivity index (χ1) is 6.36. The Hall–Kier alpha value is -0.500. The third-order valence-electron chi connectivity index (χ3n) is 3.13. The fourth-order valence-electron chi connectivity index (χ4n) is 2.17. The van der Waals surface area contributed by atoms with Gasteiger partial charge in [0.1, 0.15) is 6.61 Å². The van der Waals surface area contributed by atoms with Crippen LogP contribution in [-0.2, 0) is 4.74 Å². The minimum atomic E-state index is 0.668. The van der Waals surface area contributed by atoms with Gasteiger partial charge in [-0.25, -0.2) is 0 Å². The van der Waals surface area contributed by atoms with E-state index in [-0.39, 0.29) is 0 Å². The van der Waals surface area contributed by atoms with E-state index in [1.807, 2.05) is 0 Å². The highest BCUT2D eigenvalue weighted by Gasteiger charge is 2.21. The molecule has 2 heteroatoms. The third-order valence-corrected chi connectivity index (χ3v) is 3.13. The molecule has 0 aromatic rings. The van der Waals surface area contributed by atoms with Crippen LogP contribution >= 0.6 is 0 Å². The first kappa shape index (κ1) is 9.07. The molecule has 1 heterocycles. The normalized spacial score (nSPS) is 29.3. The minimum absolute atomic E-state index is 0.668. The molecule has 0 amide bonds. The van der Waals surface area contributed by atoms with E-state index in [4.69, 9.17) is 4.74 Å². The summed E-state index contributed by atoms with van der Waals surface area (Å²) in [4.78, 5) is 2.41. The lowest BCUT2D eigenvalue weighted by Crippen LogP contribution is -2.29. The molecule has 0 radical (unpaired) electrons. The average Bonchev–Trinajstić information content (AvgIpc) is 2.72. The summed E-state index contributed by atoms with van der Waals surface area (Å²) in [7, 11) is 2.20. The van der Waals surface area contributed by atoms with Crippen molar-refractivity contribution in [2.24, 2.45) is 0 Å². The molecule has 2 nitrogen and oxygen atoms in total. The van der Waals surface area contributed by atoms with Crippen molar-refractivity contribution in [1.82, 2.24) is 4.90 Å². The Balaban J connectivity index is 1.72. The first-order valence-corrected chi connectivity index (χ1v) is 5.38. The maximum atomic E-state index is 5.78. The number of allylic oxidation sites excluding steroid dienone is 2. The highest BCUT2D eigenvalue weighted by atomic mass is 16.5. The monoisotopic (exact) mass is 181 g/mol. The molecule has 74 valence electrons. The van der Waals surface area contributed by atoms with Crippen molar-refractivity contribution >= 4 is 0 Å². The molecule has 13 heavy (non-hydrogen) atoms. The lowest BCUT2D eigenvalue weighted by atomic mass is 10.2. The summed E-state index contributed by atoms with van der Waals surface area (Å²) in [5.74, 6) is 1.24. The van der Waals surface area contributed by atoms with E-state index < -0.39 is 0 Å². The van der Waals surface area contributed by atoms with Crippen molar-refractivity contribution in [3.05, 3.63) is 11.8 Å². The number of hydrogen-bond acceptors (Lipinski definition) is 2. The van der Waals surface area contributed by atoms with Crippen molar-refractivity contribution in [2.45, 2.75) is 38.1 Å². The largest absolute Gasteiger partial charge is 0.497 e. The molecule has 0 N–H and O–H groups in total. The molecule has 0 aromatic heterocycles. The molecule has 1 aliphatic heterocycles. The van der Waals surface area contributed by atoms with E-state index in [0.29, 0.717) is 6.04 Å². The van der Waals surface area contributed by atoms with Gasteiger partial charge in [-0.05, 0) is 45.4 Å². The van der Waals surface area contributed by atoms with Crippen LogP contribution in [0, 0.1) is 0 Å². The van der Waals surface area contributed by atoms with Crippen molar-refractivity contribution in [1.29, 1.82) is 0 Å². The molecule has 0 unspecified atom stereocenters. The first-order valence-electron chi connectivity index (χ1n) is 5.38. The number of nitrogens with zero attached hydrogens (tertiary/aromatic N) is 1. The van der Waals surface area contributed by atoms with Gasteiger partial charge < -0.3 is 9.64 Å². The third kappa shape index (κ3) is 2.25. The Morgan fingerprint density at radius 2 is 2.46 bits per heavy atom. The number of rotatable bonds is 3. The summed E-state index contributed by atoms with van der Waals surface area (Å²) in [5.41, 5.74) is 0. The van der Waals surface area contributed by atoms with E-state index in [2.05, 4.69) is 18.0 Å². The Kier molecular flexibility index (Phi) is 2.89. The quantitative estimate of drug-likeness (QED) is 0.661. The summed E-state index contributed by atoms with van der Waals surface area (Å²) in [5, 5.41) is 0. The Morgan fingerprint density at radius 1 is 1.54 bits per heavy atom. The van der Waals surface area contributed by atoms with E-state index in [0.717, 1.165) is 13.0 Å². The smallest absolute Gasteiger partial charge is 0.103 e. The van der Waals surface area contributed by atoms with Crippen molar-refractivity contribution in [2.75, 3.05) is 20.2 Å². The summed E-state index contributed by atoms with van der Waals surface area (Å²) in [6, 6.07) is 0.668. The van der Waals surface area contributed by atoms with Crippen LogP contribution in [0.2, 0.25) is 0 Å². The van der Waals surface area contributed by atoms with Gasteiger partial charge in [-0.15, -0.1) is 0 Å². The maximum Gasteiger partial charge on any atom is 0.103 e. The molecule has 2 rings (SSSR count). The predicted molar refractivity (Wildman–Crippen MR) is 53.5 cm³/mol. The number of ether oxygens (including phenoxy) is 1. The minimum Gasteiger partial charge on any atom is -0.497 e. The maximum absolute atomic E-state index is 5.78. The fourth-order valence-corrected chi connectivity index (χ4v) is 2.17. The molecule has 1 atom stereocenters. The van der Waals surface area contributed by atoms with Crippen LogP contribution in [0.1, 0.15) is 32.1 Å². The van der Waals surface area contributed by atoms with Crippen LogP contribution < -0.4 is 0 Å². The standard InChI is InChI=1S/C11H19NO/c1-12-8-4-5-10(12)9-13-11-6-2-3-7-11/h6,10H,2-5,7-9H2,1H3/t10-/m0/s1. The van der Waals surface area contributed by atoms with E-state index >= 15 is 0 Å². The van der Waals surface area contributed by atoms with E-state index in [9.17, 15) is 0 Å². The van der Waals surface area contributed by atoms with Gasteiger partial charge in [-0.1, -0.05) is 0 Å². The average molecular weight is 181 g/mol. The zero-order valence-corrected chi connectivity index (χ0v) is 8.46. The van der Waals surface area contributed by atoms with Gasteiger partial charge in [0.05, 0.1) is 5.76 Å². The molecule has 0 saturated carbocycles. The zero-order chi connectivity index (χ0) is 9.10. The second-order valence-electron chi connectivity index (χ2n) is 4.15. The topological polar surface area (TPSA) is 12.5 Å². The number of likely N-dealkylation sites (N-methyl/N-ethyl adjacent to an activating group) is 1. The van der Waals surface area contributed by atoms with Crippen molar-refractivity contribution in [3.8, 4) is 0 Å². The second-order valence-corrected chi connectivity index (χ2v) is 4.15. The van der Waals surface area contributed by atoms with E-state index in [1.54, 1.807) is 0 Å². The molecule has 0 spiro atoms. The SMILES string of the molecule is CN1CCC[C@H]1COC1=CCCC1. The lowest BCUT2D eigenvalue weighted by Gasteiger charge is -2.19. The highest BCUT2D eigenvalue weighted by molar-refractivity contribution is 4.99. The Labute approximate surface area is 80.6 Å². The fraction of sp³-hybridized carbons (Fsp3) is 0.818. The Morgan fingerprint density at radius 3 is 3.08 bits per heavy atom. The Bertz CT molecular complexity index is 200. The van der Waals surface area contributed by atoms with Crippen LogP contribution in [0.25, 0.3) is 0 Å². The highest BCUT2D eigenvalue weighted by Crippen LogP contribution is 2.21. The summed E-state index contributed by atoms with van der Waals surface area (Å²) in [6.07, 6.45) is 8.56. The molecular formula is C11H19NO. The van der Waals surface area contributed by atoms with Gasteiger partial charge >= 0.3 is 0 Å². The summed E-state index contributed by atoms with van der Waals surface area (Å²) < 4.78 is 5.78. The number of likely N-dealkylation sites (tertiary alicyclic amines) is 1. The van der Waals surface area contributed by atoms with Crippen molar-refractivity contribution in [3.63, 3.8) is 0 Å². The number of hydrogen-bond donors (Lipinski definition) is 0. The molecule has 1 saturated heterocycles. The summed E-state index contributed by atoms with van der Waals surface area (Å²) >= 11 is 0. The van der Waals surface area contributed by atoms with Crippen LogP contribution in [0.3, 0.4) is 0 Å². The van der Waals surface area contributed by atoms with Crippen LogP contribution in [0.5, 0.6) is 0 Å². The van der Waals surface area contributed by atoms with Gasteiger partial charge in [0, 0.05) is 12.5 Å². The zero-order valence-electron chi connectivity index (χ0n) is 8.46. The van der Waals surface area contributed by atoms with Crippen LogP contribution in [0.15, 0.2) is 11.8 Å².